The summed E-state index contributed by atoms with van der Waals surface area (Å²) in [7, 11) is 0. The molecule has 0 aromatic heterocycles. The SMILES string of the molecule is Fc1[c]ccc(F)c1.[I-].[Zn]. The molecule has 4 heteroatoms. The first-order valence-electron chi connectivity index (χ1n) is 2.12. The van der Waals surface area contributed by atoms with Gasteiger partial charge in [0.1, 0.15) is 11.6 Å². The number of rotatable bonds is 0. The quantitative estimate of drug-likeness (QED) is 0.416. The van der Waals surface area contributed by atoms with Crippen molar-refractivity contribution in [3.8, 4) is 0 Å². The van der Waals surface area contributed by atoms with Crippen molar-refractivity contribution in [1.82, 2.24) is 0 Å². The summed E-state index contributed by atoms with van der Waals surface area (Å²) in [6, 6.07) is 5.28. The Morgan fingerprint density at radius 2 is 1.90 bits per heavy atom. The fourth-order valence-electron chi connectivity index (χ4n) is 0.412. The van der Waals surface area contributed by atoms with E-state index in [0.29, 0.717) is 0 Å². The molecule has 0 bridgehead atoms. The van der Waals surface area contributed by atoms with Gasteiger partial charge in [-0.05, 0) is 12.1 Å². The van der Waals surface area contributed by atoms with Crippen LogP contribution in [0.1, 0.15) is 0 Å². The van der Waals surface area contributed by atoms with Crippen LogP contribution in [0.15, 0.2) is 18.2 Å². The maximum atomic E-state index is 11.9. The predicted molar refractivity (Wildman–Crippen MR) is 25.2 cm³/mol. The second-order valence-electron chi connectivity index (χ2n) is 1.35. The second-order valence-corrected chi connectivity index (χ2v) is 1.35. The summed E-state index contributed by atoms with van der Waals surface area (Å²) in [5.74, 6) is -1.23. The van der Waals surface area contributed by atoms with Crippen LogP contribution < -0.4 is 24.0 Å². The number of benzene rings is 1. The molecule has 10 heavy (non-hydrogen) atoms. The van der Waals surface area contributed by atoms with Gasteiger partial charge in [0.2, 0.25) is 0 Å². The third kappa shape index (κ3) is 4.28. The molecule has 0 N–H and O–H groups in total. The van der Waals surface area contributed by atoms with Gasteiger partial charge in [-0.2, -0.15) is 0 Å². The first-order valence-corrected chi connectivity index (χ1v) is 2.12. The zero-order valence-electron chi connectivity index (χ0n) is 5.07. The first-order chi connectivity index (χ1) is 3.79. The Morgan fingerprint density at radius 1 is 1.30 bits per heavy atom. The van der Waals surface area contributed by atoms with E-state index in [1.54, 1.807) is 0 Å². The molecule has 0 saturated carbocycles. The van der Waals surface area contributed by atoms with Crippen LogP contribution in [0.3, 0.4) is 0 Å². The molecule has 0 aliphatic carbocycles. The van der Waals surface area contributed by atoms with E-state index in [4.69, 9.17) is 0 Å². The van der Waals surface area contributed by atoms with Crippen LogP contribution in [0.2, 0.25) is 0 Å². The fraction of sp³-hybridized carbons (Fsp3) is 0. The van der Waals surface area contributed by atoms with Crippen molar-refractivity contribution in [2.45, 2.75) is 0 Å². The third-order valence-corrected chi connectivity index (χ3v) is 0.728. The van der Waals surface area contributed by atoms with Gasteiger partial charge in [0.15, 0.2) is 0 Å². The topological polar surface area (TPSA) is 0 Å². The van der Waals surface area contributed by atoms with Gasteiger partial charge in [0.25, 0.3) is 0 Å². The number of hydrogen-bond donors (Lipinski definition) is 0. The molecule has 0 nitrogen and oxygen atoms in total. The normalized spacial score (nSPS) is 7.40. The van der Waals surface area contributed by atoms with E-state index >= 15 is 0 Å². The van der Waals surface area contributed by atoms with Gasteiger partial charge >= 0.3 is 0 Å². The molecule has 0 fully saturated rings. The zero-order chi connectivity index (χ0) is 5.98. The Bertz CT molecular complexity index is 176. The Kier molecular flexibility index (Phi) is 8.05. The molecule has 0 spiro atoms. The maximum Gasteiger partial charge on any atom is 0.134 e. The Balaban J connectivity index is 0. The Hall–Kier alpha value is 0.433. The van der Waals surface area contributed by atoms with Crippen molar-refractivity contribution in [3.05, 3.63) is 35.9 Å². The molecule has 0 amide bonds. The summed E-state index contributed by atoms with van der Waals surface area (Å²) in [5, 5.41) is 0. The van der Waals surface area contributed by atoms with Crippen LogP contribution in [0, 0.1) is 17.7 Å². The van der Waals surface area contributed by atoms with Gasteiger partial charge in [-0.1, -0.05) is 0 Å². The maximum absolute atomic E-state index is 11.9. The molecule has 1 aromatic carbocycles. The summed E-state index contributed by atoms with van der Waals surface area (Å²) < 4.78 is 23.8. The monoisotopic (exact) mass is 304 g/mol. The van der Waals surface area contributed by atoms with Crippen molar-refractivity contribution in [2.24, 2.45) is 0 Å². The molecule has 1 rings (SSSR count). The molecule has 0 atom stereocenters. The largest absolute Gasteiger partial charge is 1.00 e. The number of halogens is 3. The van der Waals surface area contributed by atoms with Crippen LogP contribution in [0.4, 0.5) is 8.78 Å². The minimum absolute atomic E-state index is 0. The van der Waals surface area contributed by atoms with Crippen LogP contribution >= 0.6 is 0 Å². The second kappa shape index (κ2) is 6.16. The summed E-state index contributed by atoms with van der Waals surface area (Å²) in [6.07, 6.45) is 0. The fourth-order valence-corrected chi connectivity index (χ4v) is 0.412. The Morgan fingerprint density at radius 3 is 2.20 bits per heavy atom. The predicted octanol–water partition coefficient (Wildman–Crippen LogP) is -1.23. The molecule has 0 aliphatic rings. The van der Waals surface area contributed by atoms with Gasteiger partial charge in [-0.25, -0.2) is 8.78 Å². The van der Waals surface area contributed by atoms with Gasteiger partial charge in [0, 0.05) is 31.6 Å². The van der Waals surface area contributed by atoms with Crippen molar-refractivity contribution < 1.29 is 52.2 Å². The van der Waals surface area contributed by atoms with E-state index in [1.807, 2.05) is 0 Å². The van der Waals surface area contributed by atoms with Crippen LogP contribution in [-0.2, 0) is 19.5 Å². The van der Waals surface area contributed by atoms with E-state index < -0.39 is 11.6 Å². The first kappa shape index (κ1) is 13.1. The molecule has 0 unspecified atom stereocenters. The smallest absolute Gasteiger partial charge is 0.134 e. The van der Waals surface area contributed by atoms with Gasteiger partial charge < -0.3 is 24.0 Å². The minimum Gasteiger partial charge on any atom is -1.00 e. The Labute approximate surface area is 87.8 Å². The minimum atomic E-state index is -0.662. The molecule has 1 radical (unpaired) electrons. The molecular weight excluding hydrogens is 302 g/mol. The molecule has 0 heterocycles. The molecule has 0 aliphatic heterocycles. The standard InChI is InChI=1S/C6H3F2.HI.Zn/c7-5-2-1-3-6(8)4-5;;/h1-2,4H;1H;/p-1. The van der Waals surface area contributed by atoms with E-state index in [2.05, 4.69) is 6.07 Å². The van der Waals surface area contributed by atoms with E-state index in [1.165, 1.54) is 6.07 Å². The van der Waals surface area contributed by atoms with Crippen LogP contribution in [0.5, 0.6) is 0 Å². The van der Waals surface area contributed by atoms with Gasteiger partial charge in [-0.15, -0.1) is 0 Å². The van der Waals surface area contributed by atoms with Crippen LogP contribution in [0.25, 0.3) is 0 Å². The van der Waals surface area contributed by atoms with E-state index in [9.17, 15) is 8.78 Å². The average molecular weight is 305 g/mol. The number of hydrogen-bond acceptors (Lipinski definition) is 0. The van der Waals surface area contributed by atoms with Crippen molar-refractivity contribution >= 4 is 0 Å². The summed E-state index contributed by atoms with van der Waals surface area (Å²) in [4.78, 5) is 0. The third-order valence-electron chi connectivity index (χ3n) is 0.728. The average Bonchev–Trinajstić information content (AvgIpc) is 1.64. The summed E-state index contributed by atoms with van der Waals surface area (Å²) in [5.41, 5.74) is 0. The van der Waals surface area contributed by atoms with Crippen molar-refractivity contribution in [3.63, 3.8) is 0 Å². The zero-order valence-corrected chi connectivity index (χ0v) is 10.2. The van der Waals surface area contributed by atoms with Crippen LogP contribution in [-0.4, -0.2) is 0 Å². The molecule has 51 valence electrons. The van der Waals surface area contributed by atoms with Crippen molar-refractivity contribution in [2.75, 3.05) is 0 Å². The van der Waals surface area contributed by atoms with E-state index in [0.717, 1.165) is 12.1 Å². The van der Waals surface area contributed by atoms with Gasteiger partial charge in [0.05, 0.1) is 0 Å². The molecule has 1 aromatic rings. The molecular formula is C6H3F2IZn-. The van der Waals surface area contributed by atoms with Gasteiger partial charge in [-0.3, -0.25) is 0 Å². The van der Waals surface area contributed by atoms with Crippen molar-refractivity contribution in [1.29, 1.82) is 0 Å². The molecule has 0 saturated heterocycles. The summed E-state index contributed by atoms with van der Waals surface area (Å²) in [6.45, 7) is 0. The van der Waals surface area contributed by atoms with E-state index in [-0.39, 0.29) is 43.5 Å². The summed E-state index contributed by atoms with van der Waals surface area (Å²) >= 11 is 0.